The third-order valence-electron chi connectivity index (χ3n) is 2.11. The molecule has 0 atom stereocenters. The summed E-state index contributed by atoms with van der Waals surface area (Å²) in [6, 6.07) is 6.33. The molecule has 0 radical (unpaired) electrons. The van der Waals surface area contributed by atoms with Gasteiger partial charge < -0.3 is 20.5 Å². The van der Waals surface area contributed by atoms with Crippen molar-refractivity contribution >= 4 is 18.3 Å². The highest BCUT2D eigenvalue weighted by Gasteiger charge is 2.02. The number of ether oxygens (including phenoxy) is 1. The second-order valence-electron chi connectivity index (χ2n) is 3.56. The van der Waals surface area contributed by atoms with E-state index >= 15 is 0 Å². The summed E-state index contributed by atoms with van der Waals surface area (Å²) in [5.41, 5.74) is 0.525. The Morgan fingerprint density at radius 3 is 2.37 bits per heavy atom. The third kappa shape index (κ3) is 6.06. The number of aldehydes is 1. The molecule has 0 unspecified atom stereocenters. The number of benzene rings is 1. The van der Waals surface area contributed by atoms with Crippen LogP contribution in [-0.2, 0) is 4.79 Å². The van der Waals surface area contributed by atoms with Crippen LogP contribution in [0.25, 0.3) is 0 Å². The number of hydrogen-bond acceptors (Lipinski definition) is 4. The molecular weight excluding hydrogens is 252 g/mol. The van der Waals surface area contributed by atoms with Crippen molar-refractivity contribution in [1.82, 2.24) is 10.6 Å². The van der Waals surface area contributed by atoms with Crippen molar-refractivity contribution in [2.75, 3.05) is 19.7 Å². The molecular formula is C12H14N2O5. The number of nitrogens with one attached hydrogen (secondary N) is 2. The Morgan fingerprint density at radius 1 is 1.16 bits per heavy atom. The zero-order valence-corrected chi connectivity index (χ0v) is 10.1. The molecule has 0 saturated carbocycles. The highest BCUT2D eigenvalue weighted by molar-refractivity contribution is 5.77. The zero-order valence-electron chi connectivity index (χ0n) is 10.1. The fourth-order valence-corrected chi connectivity index (χ4v) is 1.21. The van der Waals surface area contributed by atoms with Gasteiger partial charge in [-0.25, -0.2) is 4.79 Å². The lowest BCUT2D eigenvalue weighted by atomic mass is 10.2. The van der Waals surface area contributed by atoms with Gasteiger partial charge >= 0.3 is 6.09 Å². The number of rotatable bonds is 7. The van der Waals surface area contributed by atoms with Crippen LogP contribution in [0.3, 0.4) is 0 Å². The van der Waals surface area contributed by atoms with Gasteiger partial charge in [0.05, 0.1) is 0 Å². The first-order valence-electron chi connectivity index (χ1n) is 5.53. The molecule has 0 aliphatic carbocycles. The number of carbonyl (C=O) groups is 3. The van der Waals surface area contributed by atoms with Crippen molar-refractivity contribution < 1.29 is 24.2 Å². The average Bonchev–Trinajstić information content (AvgIpc) is 2.41. The molecule has 0 saturated heterocycles. The summed E-state index contributed by atoms with van der Waals surface area (Å²) in [7, 11) is 0. The minimum absolute atomic E-state index is 0.134. The van der Waals surface area contributed by atoms with E-state index in [1.807, 2.05) is 0 Å². The number of carboxylic acid groups (broad SMARTS) is 1. The molecule has 102 valence electrons. The highest BCUT2D eigenvalue weighted by atomic mass is 16.5. The van der Waals surface area contributed by atoms with E-state index < -0.39 is 6.09 Å². The van der Waals surface area contributed by atoms with Crippen LogP contribution < -0.4 is 15.4 Å². The normalized spacial score (nSPS) is 9.47. The Balaban J connectivity index is 2.21. The van der Waals surface area contributed by atoms with Crippen LogP contribution in [0.5, 0.6) is 5.75 Å². The summed E-state index contributed by atoms with van der Waals surface area (Å²) < 4.78 is 5.18. The Bertz CT molecular complexity index is 444. The molecule has 2 amide bonds. The molecule has 7 heteroatoms. The van der Waals surface area contributed by atoms with Gasteiger partial charge in [0, 0.05) is 18.7 Å². The van der Waals surface area contributed by atoms with E-state index in [1.54, 1.807) is 24.3 Å². The van der Waals surface area contributed by atoms with Crippen molar-refractivity contribution in [3.05, 3.63) is 29.8 Å². The quantitative estimate of drug-likeness (QED) is 0.485. The molecule has 1 aromatic rings. The summed E-state index contributed by atoms with van der Waals surface area (Å²) in [6.07, 6.45) is -0.424. The van der Waals surface area contributed by atoms with Gasteiger partial charge in [-0.3, -0.25) is 9.59 Å². The molecule has 3 N–H and O–H groups in total. The van der Waals surface area contributed by atoms with Crippen LogP contribution >= 0.6 is 0 Å². The van der Waals surface area contributed by atoms with Gasteiger partial charge in [0.15, 0.2) is 6.61 Å². The van der Waals surface area contributed by atoms with Gasteiger partial charge in [0.2, 0.25) is 0 Å². The van der Waals surface area contributed by atoms with Gasteiger partial charge in [-0.05, 0) is 24.3 Å². The SMILES string of the molecule is O=Cc1ccc(OCC(=O)NCCNC(=O)O)cc1. The standard InChI is InChI=1S/C12H14N2O5/c15-7-9-1-3-10(4-2-9)19-8-11(16)13-5-6-14-12(17)18/h1-4,7,14H,5-6,8H2,(H,13,16)(H,17,18). The average molecular weight is 266 g/mol. The van der Waals surface area contributed by atoms with Crippen LogP contribution in [0.1, 0.15) is 10.4 Å². The van der Waals surface area contributed by atoms with Crippen LogP contribution in [0.2, 0.25) is 0 Å². The van der Waals surface area contributed by atoms with Crippen molar-refractivity contribution in [2.24, 2.45) is 0 Å². The summed E-state index contributed by atoms with van der Waals surface area (Å²) in [5.74, 6) is 0.121. The minimum Gasteiger partial charge on any atom is -0.484 e. The molecule has 0 aliphatic heterocycles. The molecule has 0 heterocycles. The minimum atomic E-state index is -1.14. The van der Waals surface area contributed by atoms with Crippen LogP contribution in [0, 0.1) is 0 Å². The number of hydrogen-bond donors (Lipinski definition) is 3. The van der Waals surface area contributed by atoms with E-state index in [-0.39, 0.29) is 25.6 Å². The van der Waals surface area contributed by atoms with Crippen LogP contribution in [0.4, 0.5) is 4.79 Å². The molecule has 1 aromatic carbocycles. The summed E-state index contributed by atoms with van der Waals surface area (Å²) in [6.45, 7) is 0.154. The second-order valence-corrected chi connectivity index (χ2v) is 3.56. The summed E-state index contributed by atoms with van der Waals surface area (Å²) in [5, 5.41) is 12.9. The lowest BCUT2D eigenvalue weighted by Gasteiger charge is -2.07. The molecule has 0 aliphatic rings. The number of amides is 2. The third-order valence-corrected chi connectivity index (χ3v) is 2.11. The van der Waals surface area contributed by atoms with Crippen molar-refractivity contribution in [3.63, 3.8) is 0 Å². The molecule has 19 heavy (non-hydrogen) atoms. The topological polar surface area (TPSA) is 105 Å². The zero-order chi connectivity index (χ0) is 14.1. The van der Waals surface area contributed by atoms with Gasteiger partial charge in [-0.2, -0.15) is 0 Å². The van der Waals surface area contributed by atoms with E-state index in [2.05, 4.69) is 10.6 Å². The fraction of sp³-hybridized carbons (Fsp3) is 0.250. The van der Waals surface area contributed by atoms with Crippen molar-refractivity contribution in [1.29, 1.82) is 0 Å². The first kappa shape index (κ1) is 14.5. The molecule has 0 aromatic heterocycles. The van der Waals surface area contributed by atoms with E-state index in [1.165, 1.54) is 0 Å². The van der Waals surface area contributed by atoms with Gasteiger partial charge in [0.25, 0.3) is 5.91 Å². The second kappa shape index (κ2) is 7.70. The predicted molar refractivity (Wildman–Crippen MR) is 66.4 cm³/mol. The molecule has 7 nitrogen and oxygen atoms in total. The smallest absolute Gasteiger partial charge is 0.404 e. The van der Waals surface area contributed by atoms with Crippen molar-refractivity contribution in [3.8, 4) is 5.75 Å². The monoisotopic (exact) mass is 266 g/mol. The fourth-order valence-electron chi connectivity index (χ4n) is 1.21. The summed E-state index contributed by atoms with van der Waals surface area (Å²) in [4.78, 5) is 31.9. The van der Waals surface area contributed by atoms with E-state index in [4.69, 9.17) is 9.84 Å². The van der Waals surface area contributed by atoms with E-state index in [9.17, 15) is 14.4 Å². The summed E-state index contributed by atoms with van der Waals surface area (Å²) >= 11 is 0. The lowest BCUT2D eigenvalue weighted by Crippen LogP contribution is -2.36. The maximum absolute atomic E-state index is 11.3. The Hall–Kier alpha value is -2.57. The first-order chi connectivity index (χ1) is 9.11. The maximum Gasteiger partial charge on any atom is 0.404 e. The van der Waals surface area contributed by atoms with Crippen molar-refractivity contribution in [2.45, 2.75) is 0 Å². The van der Waals surface area contributed by atoms with E-state index in [0.717, 1.165) is 0 Å². The van der Waals surface area contributed by atoms with E-state index in [0.29, 0.717) is 17.6 Å². The van der Waals surface area contributed by atoms with Gasteiger partial charge in [-0.15, -0.1) is 0 Å². The largest absolute Gasteiger partial charge is 0.484 e. The van der Waals surface area contributed by atoms with Crippen LogP contribution in [0.15, 0.2) is 24.3 Å². The Labute approximate surface area is 109 Å². The molecule has 0 spiro atoms. The molecule has 0 bridgehead atoms. The van der Waals surface area contributed by atoms with Gasteiger partial charge in [0.1, 0.15) is 12.0 Å². The van der Waals surface area contributed by atoms with Gasteiger partial charge in [-0.1, -0.05) is 0 Å². The number of carbonyl (C=O) groups excluding carboxylic acids is 2. The maximum atomic E-state index is 11.3. The Morgan fingerprint density at radius 2 is 1.79 bits per heavy atom. The lowest BCUT2D eigenvalue weighted by molar-refractivity contribution is -0.123. The first-order valence-corrected chi connectivity index (χ1v) is 5.53. The molecule has 0 fully saturated rings. The molecule has 1 rings (SSSR count). The highest BCUT2D eigenvalue weighted by Crippen LogP contribution is 2.10. The predicted octanol–water partition coefficient (Wildman–Crippen LogP) is 0.262. The Kier molecular flexibility index (Phi) is 5.87. The van der Waals surface area contributed by atoms with Crippen LogP contribution in [-0.4, -0.2) is 43.1 Å².